The van der Waals surface area contributed by atoms with Gasteiger partial charge in [0.15, 0.2) is 0 Å². The molecule has 23 heavy (non-hydrogen) atoms. The van der Waals surface area contributed by atoms with Gasteiger partial charge in [0, 0.05) is 52.0 Å². The molecular weight excluding hydrogens is 294 g/mol. The number of amides is 3. The molecule has 1 heterocycles. The van der Waals surface area contributed by atoms with Crippen molar-refractivity contribution in [2.75, 3.05) is 32.7 Å². The minimum atomic E-state index is 0.0650. The molecule has 3 rings (SSSR count). The molecule has 6 nitrogen and oxygen atoms in total. The standard InChI is InChI=1S/C17H27N3O3/c1-12(21)19-6-8-20(9-7-19)16(22)4-5-18-17(23)15-11-13-2-3-14(15)10-13/h13-15H,2-11H2,1H3,(H,18,23)/t13-,14-,15+/m0/s1. The average molecular weight is 321 g/mol. The molecule has 2 bridgehead atoms. The molecule has 0 radical (unpaired) electrons. The molecule has 2 aliphatic carbocycles. The zero-order valence-electron chi connectivity index (χ0n) is 13.9. The van der Waals surface area contributed by atoms with Crippen molar-refractivity contribution < 1.29 is 14.4 Å². The lowest BCUT2D eigenvalue weighted by Crippen LogP contribution is -2.50. The number of carbonyl (C=O) groups excluding carboxylic acids is 3. The van der Waals surface area contributed by atoms with Gasteiger partial charge in [0.1, 0.15) is 0 Å². The van der Waals surface area contributed by atoms with E-state index in [1.165, 1.54) is 19.3 Å². The van der Waals surface area contributed by atoms with E-state index in [1.807, 2.05) is 0 Å². The lowest BCUT2D eigenvalue weighted by molar-refractivity contribution is -0.138. The zero-order valence-corrected chi connectivity index (χ0v) is 13.9. The van der Waals surface area contributed by atoms with Crippen LogP contribution in [0.25, 0.3) is 0 Å². The molecule has 3 fully saturated rings. The van der Waals surface area contributed by atoms with E-state index in [0.29, 0.717) is 45.1 Å². The summed E-state index contributed by atoms with van der Waals surface area (Å²) in [5.41, 5.74) is 0. The molecule has 3 amide bonds. The molecule has 0 aromatic rings. The fourth-order valence-corrected chi connectivity index (χ4v) is 4.42. The average Bonchev–Trinajstić information content (AvgIpc) is 3.17. The summed E-state index contributed by atoms with van der Waals surface area (Å²) in [6.45, 7) is 4.40. The largest absolute Gasteiger partial charge is 0.355 e. The van der Waals surface area contributed by atoms with Crippen molar-refractivity contribution in [2.45, 2.75) is 39.0 Å². The van der Waals surface area contributed by atoms with Gasteiger partial charge in [-0.2, -0.15) is 0 Å². The predicted octanol–water partition coefficient (Wildman–Crippen LogP) is 0.620. The van der Waals surface area contributed by atoms with E-state index in [9.17, 15) is 14.4 Å². The molecule has 128 valence electrons. The molecule has 1 N–H and O–H groups in total. The summed E-state index contributed by atoms with van der Waals surface area (Å²) >= 11 is 0. The van der Waals surface area contributed by atoms with E-state index in [0.717, 1.165) is 12.3 Å². The van der Waals surface area contributed by atoms with E-state index in [2.05, 4.69) is 5.32 Å². The van der Waals surface area contributed by atoms with Crippen molar-refractivity contribution >= 4 is 17.7 Å². The normalized spacial score (nSPS) is 29.7. The van der Waals surface area contributed by atoms with Crippen LogP contribution in [0.5, 0.6) is 0 Å². The molecule has 3 aliphatic rings. The van der Waals surface area contributed by atoms with Crippen LogP contribution in [0, 0.1) is 17.8 Å². The van der Waals surface area contributed by atoms with Gasteiger partial charge in [-0.1, -0.05) is 6.42 Å². The van der Waals surface area contributed by atoms with Crippen molar-refractivity contribution in [2.24, 2.45) is 17.8 Å². The van der Waals surface area contributed by atoms with Gasteiger partial charge >= 0.3 is 0 Å². The fraction of sp³-hybridized carbons (Fsp3) is 0.824. The van der Waals surface area contributed by atoms with E-state index < -0.39 is 0 Å². The maximum atomic E-state index is 12.2. The Morgan fingerprint density at radius 2 is 1.70 bits per heavy atom. The number of nitrogens with one attached hydrogen (secondary N) is 1. The fourth-order valence-electron chi connectivity index (χ4n) is 4.42. The van der Waals surface area contributed by atoms with E-state index >= 15 is 0 Å². The molecule has 2 saturated carbocycles. The molecule has 0 unspecified atom stereocenters. The van der Waals surface area contributed by atoms with Gasteiger partial charge in [-0.25, -0.2) is 0 Å². The molecular formula is C17H27N3O3. The highest BCUT2D eigenvalue weighted by molar-refractivity contribution is 5.81. The van der Waals surface area contributed by atoms with Gasteiger partial charge in [0.25, 0.3) is 0 Å². The monoisotopic (exact) mass is 321 g/mol. The number of rotatable bonds is 4. The molecule has 0 aromatic heterocycles. The summed E-state index contributed by atoms with van der Waals surface area (Å²) in [6, 6.07) is 0. The second kappa shape index (κ2) is 6.89. The Morgan fingerprint density at radius 1 is 1.00 bits per heavy atom. The molecule has 1 saturated heterocycles. The summed E-state index contributed by atoms with van der Waals surface area (Å²) < 4.78 is 0. The van der Waals surface area contributed by atoms with Crippen LogP contribution in [0.1, 0.15) is 39.0 Å². The van der Waals surface area contributed by atoms with Gasteiger partial charge in [0.2, 0.25) is 17.7 Å². The second-order valence-corrected chi connectivity index (χ2v) is 7.21. The van der Waals surface area contributed by atoms with Crippen LogP contribution in [0.2, 0.25) is 0 Å². The number of hydrogen-bond donors (Lipinski definition) is 1. The van der Waals surface area contributed by atoms with Gasteiger partial charge in [-0.05, 0) is 31.1 Å². The van der Waals surface area contributed by atoms with Crippen LogP contribution >= 0.6 is 0 Å². The second-order valence-electron chi connectivity index (χ2n) is 7.21. The third kappa shape index (κ3) is 3.67. The highest BCUT2D eigenvalue weighted by Crippen LogP contribution is 2.48. The summed E-state index contributed by atoms with van der Waals surface area (Å²) in [4.78, 5) is 39.2. The van der Waals surface area contributed by atoms with Crippen molar-refractivity contribution in [1.82, 2.24) is 15.1 Å². The lowest BCUT2D eigenvalue weighted by Gasteiger charge is -2.34. The van der Waals surface area contributed by atoms with Gasteiger partial charge in [0.05, 0.1) is 0 Å². The predicted molar refractivity (Wildman–Crippen MR) is 85.4 cm³/mol. The number of hydrogen-bond acceptors (Lipinski definition) is 3. The van der Waals surface area contributed by atoms with Crippen molar-refractivity contribution in [3.63, 3.8) is 0 Å². The van der Waals surface area contributed by atoms with Crippen LogP contribution in [-0.2, 0) is 14.4 Å². The first kappa shape index (κ1) is 16.3. The number of nitrogens with zero attached hydrogens (tertiary/aromatic N) is 2. The topological polar surface area (TPSA) is 69.7 Å². The molecule has 0 aromatic carbocycles. The third-order valence-electron chi connectivity index (χ3n) is 5.79. The van der Waals surface area contributed by atoms with Crippen LogP contribution in [0.15, 0.2) is 0 Å². The first-order chi connectivity index (χ1) is 11.0. The molecule has 6 heteroatoms. The Hall–Kier alpha value is -1.59. The minimum absolute atomic E-state index is 0.0650. The molecule has 3 atom stereocenters. The smallest absolute Gasteiger partial charge is 0.224 e. The Bertz CT molecular complexity index is 485. The summed E-state index contributed by atoms with van der Waals surface area (Å²) in [5, 5.41) is 2.96. The van der Waals surface area contributed by atoms with Crippen LogP contribution in [-0.4, -0.2) is 60.2 Å². The number of carbonyl (C=O) groups is 3. The first-order valence-electron chi connectivity index (χ1n) is 8.85. The lowest BCUT2D eigenvalue weighted by atomic mass is 9.88. The SMILES string of the molecule is CC(=O)N1CCN(C(=O)CCNC(=O)[C@@H]2C[C@H]3CC[C@H]2C3)CC1. The highest BCUT2D eigenvalue weighted by atomic mass is 16.2. The van der Waals surface area contributed by atoms with Crippen LogP contribution < -0.4 is 5.32 Å². The third-order valence-corrected chi connectivity index (χ3v) is 5.79. The Labute approximate surface area is 137 Å². The number of fused-ring (bicyclic) bond motifs is 2. The van der Waals surface area contributed by atoms with Gasteiger partial charge in [-0.15, -0.1) is 0 Å². The Morgan fingerprint density at radius 3 is 2.26 bits per heavy atom. The van der Waals surface area contributed by atoms with E-state index in [-0.39, 0.29) is 23.6 Å². The van der Waals surface area contributed by atoms with Crippen molar-refractivity contribution in [3.05, 3.63) is 0 Å². The van der Waals surface area contributed by atoms with E-state index in [1.54, 1.807) is 16.7 Å². The van der Waals surface area contributed by atoms with Crippen molar-refractivity contribution in [1.29, 1.82) is 0 Å². The Balaban J connectivity index is 1.35. The maximum absolute atomic E-state index is 12.2. The zero-order chi connectivity index (χ0) is 16.4. The quantitative estimate of drug-likeness (QED) is 0.825. The molecule has 1 aliphatic heterocycles. The van der Waals surface area contributed by atoms with Crippen LogP contribution in [0.3, 0.4) is 0 Å². The minimum Gasteiger partial charge on any atom is -0.355 e. The summed E-state index contributed by atoms with van der Waals surface area (Å²) in [5.74, 6) is 1.80. The highest BCUT2D eigenvalue weighted by Gasteiger charge is 2.42. The summed E-state index contributed by atoms with van der Waals surface area (Å²) in [7, 11) is 0. The van der Waals surface area contributed by atoms with Gasteiger partial charge < -0.3 is 15.1 Å². The summed E-state index contributed by atoms with van der Waals surface area (Å²) in [6.07, 6.45) is 5.10. The number of piperazine rings is 1. The van der Waals surface area contributed by atoms with Gasteiger partial charge in [-0.3, -0.25) is 14.4 Å². The first-order valence-corrected chi connectivity index (χ1v) is 8.85. The van der Waals surface area contributed by atoms with Crippen molar-refractivity contribution in [3.8, 4) is 0 Å². The van der Waals surface area contributed by atoms with Crippen LogP contribution in [0.4, 0.5) is 0 Å². The molecule has 0 spiro atoms. The maximum Gasteiger partial charge on any atom is 0.224 e. The van der Waals surface area contributed by atoms with E-state index in [4.69, 9.17) is 0 Å². The Kier molecular flexibility index (Phi) is 4.87.